The topological polar surface area (TPSA) is 49.9 Å². The van der Waals surface area contributed by atoms with Gasteiger partial charge < -0.3 is 14.5 Å². The SMILES string of the molecule is Cc1ccc(C(=O)N2CCCN(C(=O)CCOc3ccccc3)CC2)cc1. The van der Waals surface area contributed by atoms with E-state index >= 15 is 0 Å². The molecule has 0 spiro atoms. The normalized spacial score (nSPS) is 14.6. The second kappa shape index (κ2) is 9.21. The number of hydrogen-bond donors (Lipinski definition) is 0. The van der Waals surface area contributed by atoms with Gasteiger partial charge in [-0.2, -0.15) is 0 Å². The van der Waals surface area contributed by atoms with Crippen LogP contribution >= 0.6 is 0 Å². The Balaban J connectivity index is 1.48. The van der Waals surface area contributed by atoms with Crippen LogP contribution in [0.15, 0.2) is 54.6 Å². The van der Waals surface area contributed by atoms with Crippen LogP contribution in [0.4, 0.5) is 0 Å². The summed E-state index contributed by atoms with van der Waals surface area (Å²) in [5.41, 5.74) is 1.84. The number of hydrogen-bond acceptors (Lipinski definition) is 3. The minimum Gasteiger partial charge on any atom is -0.493 e. The van der Waals surface area contributed by atoms with Crippen LogP contribution in [0.3, 0.4) is 0 Å². The third-order valence-corrected chi connectivity index (χ3v) is 4.76. The number of nitrogens with zero attached hydrogens (tertiary/aromatic N) is 2. The zero-order chi connectivity index (χ0) is 19.1. The number of rotatable bonds is 5. The first-order valence-corrected chi connectivity index (χ1v) is 9.45. The van der Waals surface area contributed by atoms with Gasteiger partial charge in [0.25, 0.3) is 5.91 Å². The average molecular weight is 366 g/mol. The van der Waals surface area contributed by atoms with E-state index in [1.54, 1.807) is 0 Å². The summed E-state index contributed by atoms with van der Waals surface area (Å²) in [5.74, 6) is 0.892. The Kier molecular flexibility index (Phi) is 6.47. The molecule has 0 bridgehead atoms. The molecule has 5 heteroatoms. The molecule has 0 N–H and O–H groups in total. The Bertz CT molecular complexity index is 759. The standard InChI is InChI=1S/C22H26N2O3/c1-18-8-10-19(11-9-18)22(26)24-14-5-13-23(15-16-24)21(25)12-17-27-20-6-3-2-4-7-20/h2-4,6-11H,5,12-17H2,1H3. The first-order valence-electron chi connectivity index (χ1n) is 9.45. The van der Waals surface area contributed by atoms with Gasteiger partial charge in [-0.05, 0) is 37.6 Å². The lowest BCUT2D eigenvalue weighted by molar-refractivity contribution is -0.131. The molecule has 1 heterocycles. The summed E-state index contributed by atoms with van der Waals surface area (Å²) < 4.78 is 5.61. The Morgan fingerprint density at radius 1 is 0.889 bits per heavy atom. The summed E-state index contributed by atoms with van der Waals surface area (Å²) >= 11 is 0. The Labute approximate surface area is 160 Å². The van der Waals surface area contributed by atoms with Gasteiger partial charge in [0.2, 0.25) is 5.91 Å². The van der Waals surface area contributed by atoms with Crippen LogP contribution in [0, 0.1) is 6.92 Å². The van der Waals surface area contributed by atoms with Gasteiger partial charge in [-0.3, -0.25) is 9.59 Å². The molecule has 0 aliphatic carbocycles. The highest BCUT2D eigenvalue weighted by Crippen LogP contribution is 2.12. The van der Waals surface area contributed by atoms with Crippen LogP contribution in [0.25, 0.3) is 0 Å². The molecule has 2 aromatic rings. The maximum absolute atomic E-state index is 12.7. The fraction of sp³-hybridized carbons (Fsp3) is 0.364. The van der Waals surface area contributed by atoms with Crippen molar-refractivity contribution >= 4 is 11.8 Å². The number of para-hydroxylation sites is 1. The summed E-state index contributed by atoms with van der Waals surface area (Å²) in [4.78, 5) is 28.8. The Morgan fingerprint density at radius 2 is 1.56 bits per heavy atom. The molecule has 0 radical (unpaired) electrons. The van der Waals surface area contributed by atoms with Crippen molar-refractivity contribution in [3.8, 4) is 5.75 Å². The fourth-order valence-electron chi connectivity index (χ4n) is 3.18. The van der Waals surface area contributed by atoms with Crippen molar-refractivity contribution in [2.75, 3.05) is 32.8 Å². The molecule has 142 valence electrons. The Hall–Kier alpha value is -2.82. The van der Waals surface area contributed by atoms with Crippen LogP contribution in [-0.2, 0) is 4.79 Å². The number of carbonyl (C=O) groups excluding carboxylic acids is 2. The van der Waals surface area contributed by atoms with Crippen molar-refractivity contribution < 1.29 is 14.3 Å². The number of carbonyl (C=O) groups is 2. The van der Waals surface area contributed by atoms with Crippen molar-refractivity contribution in [1.82, 2.24) is 9.80 Å². The summed E-state index contributed by atoms with van der Waals surface area (Å²) in [5, 5.41) is 0. The van der Waals surface area contributed by atoms with E-state index in [2.05, 4.69) is 0 Å². The van der Waals surface area contributed by atoms with E-state index in [9.17, 15) is 9.59 Å². The van der Waals surface area contributed by atoms with Crippen LogP contribution in [-0.4, -0.2) is 54.4 Å². The van der Waals surface area contributed by atoms with Crippen molar-refractivity contribution in [3.05, 3.63) is 65.7 Å². The van der Waals surface area contributed by atoms with E-state index in [-0.39, 0.29) is 11.8 Å². The van der Waals surface area contributed by atoms with Crippen LogP contribution in [0.2, 0.25) is 0 Å². The average Bonchev–Trinajstić information content (AvgIpc) is 2.95. The number of aryl methyl sites for hydroxylation is 1. The summed E-state index contributed by atoms with van der Waals surface area (Å²) in [6, 6.07) is 17.1. The van der Waals surface area contributed by atoms with E-state index in [1.807, 2.05) is 71.3 Å². The maximum Gasteiger partial charge on any atom is 0.253 e. The van der Waals surface area contributed by atoms with Gasteiger partial charge in [0, 0.05) is 31.7 Å². The highest BCUT2D eigenvalue weighted by molar-refractivity contribution is 5.94. The van der Waals surface area contributed by atoms with Gasteiger partial charge in [0.15, 0.2) is 0 Å². The lowest BCUT2D eigenvalue weighted by Crippen LogP contribution is -2.37. The minimum absolute atomic E-state index is 0.0386. The lowest BCUT2D eigenvalue weighted by atomic mass is 10.1. The third kappa shape index (κ3) is 5.33. The molecule has 2 amide bonds. The molecule has 0 saturated carbocycles. The molecule has 1 saturated heterocycles. The highest BCUT2D eigenvalue weighted by Gasteiger charge is 2.22. The second-order valence-electron chi connectivity index (χ2n) is 6.80. The zero-order valence-electron chi connectivity index (χ0n) is 15.8. The maximum atomic E-state index is 12.7. The monoisotopic (exact) mass is 366 g/mol. The zero-order valence-corrected chi connectivity index (χ0v) is 15.8. The molecule has 0 unspecified atom stereocenters. The summed E-state index contributed by atoms with van der Waals surface area (Å²) in [6.45, 7) is 4.87. The minimum atomic E-state index is 0.0386. The molecule has 3 rings (SSSR count). The van der Waals surface area contributed by atoms with E-state index in [1.165, 1.54) is 0 Å². The van der Waals surface area contributed by atoms with Gasteiger partial charge in [0.05, 0.1) is 13.0 Å². The quantitative estimate of drug-likeness (QED) is 0.817. The Morgan fingerprint density at radius 3 is 2.30 bits per heavy atom. The summed E-state index contributed by atoms with van der Waals surface area (Å²) in [7, 11) is 0. The van der Waals surface area contributed by atoms with Crippen molar-refractivity contribution in [2.24, 2.45) is 0 Å². The molecule has 1 aliphatic heterocycles. The first kappa shape index (κ1) is 19.0. The van der Waals surface area contributed by atoms with Crippen LogP contribution in [0.1, 0.15) is 28.8 Å². The molecular formula is C22H26N2O3. The number of amides is 2. The van der Waals surface area contributed by atoms with E-state index < -0.39 is 0 Å². The smallest absolute Gasteiger partial charge is 0.253 e. The molecule has 0 aromatic heterocycles. The van der Waals surface area contributed by atoms with E-state index in [0.29, 0.717) is 44.8 Å². The lowest BCUT2D eigenvalue weighted by Gasteiger charge is -2.22. The molecule has 2 aromatic carbocycles. The highest BCUT2D eigenvalue weighted by atomic mass is 16.5. The molecule has 27 heavy (non-hydrogen) atoms. The van der Waals surface area contributed by atoms with Crippen molar-refractivity contribution in [1.29, 1.82) is 0 Å². The molecule has 5 nitrogen and oxygen atoms in total. The molecule has 1 fully saturated rings. The van der Waals surface area contributed by atoms with E-state index in [4.69, 9.17) is 4.74 Å². The first-order chi connectivity index (χ1) is 13.1. The van der Waals surface area contributed by atoms with Crippen molar-refractivity contribution in [2.45, 2.75) is 19.8 Å². The molecule has 0 atom stereocenters. The second-order valence-corrected chi connectivity index (χ2v) is 6.80. The van der Waals surface area contributed by atoms with Gasteiger partial charge in [0.1, 0.15) is 5.75 Å². The van der Waals surface area contributed by atoms with Gasteiger partial charge in [-0.25, -0.2) is 0 Å². The van der Waals surface area contributed by atoms with E-state index in [0.717, 1.165) is 17.7 Å². The third-order valence-electron chi connectivity index (χ3n) is 4.76. The van der Waals surface area contributed by atoms with Crippen molar-refractivity contribution in [3.63, 3.8) is 0 Å². The number of ether oxygens (including phenoxy) is 1. The van der Waals surface area contributed by atoms with Gasteiger partial charge >= 0.3 is 0 Å². The molecule has 1 aliphatic rings. The largest absolute Gasteiger partial charge is 0.493 e. The van der Waals surface area contributed by atoms with Crippen LogP contribution < -0.4 is 4.74 Å². The molecular weight excluding hydrogens is 340 g/mol. The number of benzene rings is 2. The fourth-order valence-corrected chi connectivity index (χ4v) is 3.18. The predicted octanol–water partition coefficient (Wildman–Crippen LogP) is 3.14. The van der Waals surface area contributed by atoms with Gasteiger partial charge in [-0.1, -0.05) is 35.9 Å². The summed E-state index contributed by atoms with van der Waals surface area (Å²) in [6.07, 6.45) is 1.14. The van der Waals surface area contributed by atoms with Gasteiger partial charge in [-0.15, -0.1) is 0 Å². The van der Waals surface area contributed by atoms with Crippen LogP contribution in [0.5, 0.6) is 5.75 Å². The predicted molar refractivity (Wildman–Crippen MR) is 105 cm³/mol.